The smallest absolute Gasteiger partial charge is 0.251 e. The Hall–Kier alpha value is -0.800. The molecule has 0 spiro atoms. The highest BCUT2D eigenvalue weighted by Crippen LogP contribution is 2.15. The van der Waals surface area contributed by atoms with Crippen LogP contribution in [0.3, 0.4) is 0 Å². The highest BCUT2D eigenvalue weighted by Gasteiger charge is 2.22. The van der Waals surface area contributed by atoms with E-state index in [9.17, 15) is 4.57 Å². The topological polar surface area (TPSA) is 41.6 Å². The average Bonchev–Trinajstić information content (AvgIpc) is 2.38. The quantitative estimate of drug-likeness (QED) is 0.810. The van der Waals surface area contributed by atoms with Crippen LogP contribution in [0.1, 0.15) is 5.56 Å². The molecule has 0 saturated carbocycles. The summed E-state index contributed by atoms with van der Waals surface area (Å²) in [5.41, 5.74) is 1.13. The predicted molar refractivity (Wildman–Crippen MR) is 62.2 cm³/mol. The second-order valence-corrected chi connectivity index (χ2v) is 4.38. The molecule has 1 aliphatic heterocycles. The second-order valence-electron chi connectivity index (χ2n) is 3.70. The summed E-state index contributed by atoms with van der Waals surface area (Å²) < 4.78 is 18.4. The largest absolute Gasteiger partial charge is 0.356 e. The lowest BCUT2D eigenvalue weighted by atomic mass is 10.2. The van der Waals surface area contributed by atoms with Crippen LogP contribution in [0.2, 0.25) is 0 Å². The first-order valence-electron chi connectivity index (χ1n) is 5.36. The fraction of sp³-hybridized carbons (Fsp3) is 0.455. The molecule has 1 aromatic rings. The van der Waals surface area contributed by atoms with E-state index in [1.807, 2.05) is 30.3 Å². The molecule has 4 nitrogen and oxygen atoms in total. The summed E-state index contributed by atoms with van der Waals surface area (Å²) in [5, 5.41) is 3.23. The average molecular weight is 238 g/mol. The number of nitrogens with zero attached hydrogens (tertiary/aromatic N) is 1. The summed E-state index contributed by atoms with van der Waals surface area (Å²) in [6.07, 6.45) is -0.104. The minimum Gasteiger partial charge on any atom is -0.356 e. The van der Waals surface area contributed by atoms with E-state index >= 15 is 0 Å². The van der Waals surface area contributed by atoms with Crippen molar-refractivity contribution in [3.63, 3.8) is 0 Å². The van der Waals surface area contributed by atoms with E-state index in [0.717, 1.165) is 25.2 Å². The van der Waals surface area contributed by atoms with E-state index in [0.29, 0.717) is 6.61 Å². The van der Waals surface area contributed by atoms with Crippen LogP contribution in [-0.2, 0) is 15.9 Å². The molecule has 16 heavy (non-hydrogen) atoms. The van der Waals surface area contributed by atoms with Gasteiger partial charge in [0.25, 0.3) is 8.61 Å². The first-order valence-corrected chi connectivity index (χ1v) is 6.13. The van der Waals surface area contributed by atoms with Crippen LogP contribution >= 0.6 is 8.61 Å². The molecular formula is C11H15N2O2P. The number of rotatable bonds is 4. The van der Waals surface area contributed by atoms with Gasteiger partial charge in [0.2, 0.25) is 0 Å². The predicted octanol–water partition coefficient (Wildman–Crippen LogP) is 1.64. The van der Waals surface area contributed by atoms with Gasteiger partial charge in [0.1, 0.15) is 6.23 Å². The van der Waals surface area contributed by atoms with E-state index in [-0.39, 0.29) is 14.8 Å². The van der Waals surface area contributed by atoms with Gasteiger partial charge in [-0.1, -0.05) is 30.3 Å². The minimum absolute atomic E-state index is 0.0402. The first-order chi connectivity index (χ1) is 7.90. The first kappa shape index (κ1) is 11.7. The van der Waals surface area contributed by atoms with Gasteiger partial charge in [0.05, 0.1) is 6.61 Å². The highest BCUT2D eigenvalue weighted by molar-refractivity contribution is 7.20. The molecule has 1 fully saturated rings. The molecule has 2 rings (SSSR count). The van der Waals surface area contributed by atoms with Crippen molar-refractivity contribution in [1.29, 1.82) is 0 Å². The van der Waals surface area contributed by atoms with Crippen molar-refractivity contribution in [2.24, 2.45) is 0 Å². The molecule has 1 N–H and O–H groups in total. The highest BCUT2D eigenvalue weighted by atomic mass is 31.1. The van der Waals surface area contributed by atoms with Gasteiger partial charge in [-0.25, -0.2) is 0 Å². The Bertz CT molecular complexity index is 334. The number of piperazine rings is 1. The Labute approximate surface area is 96.8 Å². The maximum atomic E-state index is 10.9. The Kier molecular flexibility index (Phi) is 4.43. The van der Waals surface area contributed by atoms with Crippen molar-refractivity contribution in [2.75, 3.05) is 19.6 Å². The Balaban J connectivity index is 1.86. The molecule has 1 aromatic carbocycles. The molecule has 0 amide bonds. The third kappa shape index (κ3) is 3.09. The molecule has 0 aromatic heterocycles. The maximum Gasteiger partial charge on any atom is 0.251 e. The molecular weight excluding hydrogens is 223 g/mol. The molecule has 0 bridgehead atoms. The van der Waals surface area contributed by atoms with Crippen molar-refractivity contribution in [2.45, 2.75) is 12.8 Å². The van der Waals surface area contributed by atoms with Gasteiger partial charge in [-0.3, -0.25) is 4.57 Å². The van der Waals surface area contributed by atoms with Crippen LogP contribution < -0.4 is 5.32 Å². The Morgan fingerprint density at radius 3 is 3.00 bits per heavy atom. The zero-order valence-electron chi connectivity index (χ0n) is 9.00. The lowest BCUT2D eigenvalue weighted by Crippen LogP contribution is -2.48. The van der Waals surface area contributed by atoms with Gasteiger partial charge in [-0.05, 0) is 5.56 Å². The maximum absolute atomic E-state index is 10.9. The summed E-state index contributed by atoms with van der Waals surface area (Å²) in [5.74, 6) is 0. The van der Waals surface area contributed by atoms with E-state index in [4.69, 9.17) is 4.74 Å². The molecule has 5 heteroatoms. The Morgan fingerprint density at radius 2 is 2.25 bits per heavy atom. The molecule has 86 valence electrons. The normalized spacial score (nSPS) is 22.4. The molecule has 1 saturated heterocycles. The van der Waals surface area contributed by atoms with Crippen molar-refractivity contribution in [1.82, 2.24) is 9.99 Å². The Morgan fingerprint density at radius 1 is 1.44 bits per heavy atom. The second kappa shape index (κ2) is 6.06. The SMILES string of the molecule is O=PN1CCNCC1OCc1ccccc1. The van der Waals surface area contributed by atoms with Crippen LogP contribution in [0.15, 0.2) is 30.3 Å². The molecule has 1 heterocycles. The third-order valence-corrected chi connectivity index (χ3v) is 3.23. The van der Waals surface area contributed by atoms with E-state index < -0.39 is 0 Å². The molecule has 0 radical (unpaired) electrons. The van der Waals surface area contributed by atoms with Crippen molar-refractivity contribution >= 4 is 8.61 Å². The van der Waals surface area contributed by atoms with Crippen LogP contribution in [0.25, 0.3) is 0 Å². The fourth-order valence-electron chi connectivity index (χ4n) is 1.67. The summed E-state index contributed by atoms with van der Waals surface area (Å²) in [6.45, 7) is 2.90. The lowest BCUT2D eigenvalue weighted by Gasteiger charge is -2.30. The van der Waals surface area contributed by atoms with Gasteiger partial charge >= 0.3 is 0 Å². The van der Waals surface area contributed by atoms with Gasteiger partial charge < -0.3 is 10.1 Å². The third-order valence-electron chi connectivity index (χ3n) is 2.56. The zero-order chi connectivity index (χ0) is 11.2. The molecule has 1 atom stereocenters. The standard InChI is InChI=1S/C11H15N2O2P/c14-16-13-7-6-12-8-11(13)15-9-10-4-2-1-3-5-10/h1-5,11-12H,6-9H2. The van der Waals surface area contributed by atoms with Gasteiger partial charge in [0, 0.05) is 19.6 Å². The van der Waals surface area contributed by atoms with Crippen LogP contribution in [0, 0.1) is 0 Å². The number of hydrogen-bond donors (Lipinski definition) is 1. The lowest BCUT2D eigenvalue weighted by molar-refractivity contribution is -0.0377. The number of ether oxygens (including phenoxy) is 1. The molecule has 1 aliphatic rings. The summed E-state index contributed by atoms with van der Waals surface area (Å²) in [4.78, 5) is 0. The van der Waals surface area contributed by atoms with E-state index in [1.54, 1.807) is 4.67 Å². The van der Waals surface area contributed by atoms with Crippen LogP contribution in [0.4, 0.5) is 0 Å². The van der Waals surface area contributed by atoms with E-state index in [2.05, 4.69) is 5.32 Å². The molecule has 1 unspecified atom stereocenters. The number of nitrogens with one attached hydrogen (secondary N) is 1. The summed E-state index contributed by atoms with van der Waals surface area (Å²) in [7, 11) is 0.0402. The van der Waals surface area contributed by atoms with Gasteiger partial charge in [-0.2, -0.15) is 4.67 Å². The number of hydrogen-bond acceptors (Lipinski definition) is 3. The van der Waals surface area contributed by atoms with E-state index in [1.165, 1.54) is 0 Å². The monoisotopic (exact) mass is 238 g/mol. The van der Waals surface area contributed by atoms with Gasteiger partial charge in [0.15, 0.2) is 0 Å². The van der Waals surface area contributed by atoms with Crippen LogP contribution in [-0.4, -0.2) is 30.5 Å². The van der Waals surface area contributed by atoms with Crippen LogP contribution in [0.5, 0.6) is 0 Å². The van der Waals surface area contributed by atoms with Crippen molar-refractivity contribution in [3.8, 4) is 0 Å². The number of benzene rings is 1. The summed E-state index contributed by atoms with van der Waals surface area (Å²) in [6, 6.07) is 10.0. The summed E-state index contributed by atoms with van der Waals surface area (Å²) >= 11 is 0. The fourth-order valence-corrected chi connectivity index (χ4v) is 2.11. The van der Waals surface area contributed by atoms with Crippen molar-refractivity contribution in [3.05, 3.63) is 35.9 Å². The van der Waals surface area contributed by atoms with Crippen molar-refractivity contribution < 1.29 is 9.30 Å². The minimum atomic E-state index is -0.104. The molecule has 0 aliphatic carbocycles. The van der Waals surface area contributed by atoms with Gasteiger partial charge in [-0.15, -0.1) is 0 Å². The zero-order valence-corrected chi connectivity index (χ0v) is 9.90.